The topological polar surface area (TPSA) is 402 Å². The average Bonchev–Trinajstić information content (AvgIpc) is 0.779. The third kappa shape index (κ3) is 31.3. The molecule has 0 unspecified atom stereocenters. The molecule has 33 nitrogen and oxygen atoms in total. The molecule has 125 heavy (non-hydrogen) atoms. The molecule has 8 heterocycles. The van der Waals surface area contributed by atoms with E-state index in [0.29, 0.717) is 162 Å². The molecule has 2 N–H and O–H groups in total. The number of nitrogens with zero attached hydrogens (tertiary/aromatic N) is 16. The van der Waals surface area contributed by atoms with Crippen molar-refractivity contribution in [3.8, 4) is 0 Å². The summed E-state index contributed by atoms with van der Waals surface area (Å²) in [5, 5.41) is 21.0. The van der Waals surface area contributed by atoms with Gasteiger partial charge in [-0.3, -0.25) is 9.59 Å². The van der Waals surface area contributed by atoms with Crippen molar-refractivity contribution < 1.29 is 161 Å². The molecule has 4 aliphatic heterocycles. The van der Waals surface area contributed by atoms with Gasteiger partial charge in [0, 0.05) is 139 Å². The number of benzene rings is 4. The van der Waals surface area contributed by atoms with Gasteiger partial charge < -0.3 is 83.4 Å². The summed E-state index contributed by atoms with van der Waals surface area (Å²) in [4.78, 5) is 129. The summed E-state index contributed by atoms with van der Waals surface area (Å²) >= 11 is 41.5. The molecule has 4 aromatic carbocycles. The monoisotopic (exact) mass is 2150 g/mol. The Morgan fingerprint density at radius 1 is 0.448 bits per heavy atom. The Bertz CT molecular complexity index is 5130. The van der Waals surface area contributed by atoms with Crippen molar-refractivity contribution in [1.29, 1.82) is 0 Å². The first-order valence-corrected chi connectivity index (χ1v) is 43.2. The van der Waals surface area contributed by atoms with Crippen LogP contribution in [0, 0.1) is 23.3 Å². The van der Waals surface area contributed by atoms with Crippen molar-refractivity contribution in [3.63, 3.8) is 0 Å². The number of aliphatic hydroxyl groups excluding tert-OH is 1. The van der Waals surface area contributed by atoms with Crippen LogP contribution in [0.4, 0.5) is 60.0 Å². The number of aliphatic hydroxyl groups is 1. The van der Waals surface area contributed by atoms with E-state index in [-0.39, 0.29) is 168 Å². The van der Waals surface area contributed by atoms with Gasteiger partial charge >= 0.3 is 101 Å². The maximum absolute atomic E-state index is 14.9. The predicted molar refractivity (Wildman–Crippen MR) is 459 cm³/mol. The second-order valence-electron chi connectivity index (χ2n) is 30.9. The van der Waals surface area contributed by atoms with E-state index in [4.69, 9.17) is 99.3 Å². The number of aliphatic carboxylic acids is 1. The van der Waals surface area contributed by atoms with E-state index in [0.717, 1.165) is 6.92 Å². The van der Waals surface area contributed by atoms with E-state index in [1.54, 1.807) is 43.9 Å². The first kappa shape index (κ1) is 111. The van der Waals surface area contributed by atoms with Crippen molar-refractivity contribution in [1.82, 2.24) is 59.5 Å². The van der Waals surface area contributed by atoms with E-state index in [9.17, 15) is 51.4 Å². The van der Waals surface area contributed by atoms with E-state index in [2.05, 4.69) is 104 Å². The Hall–Kier alpha value is -6.14. The number of esters is 1. The van der Waals surface area contributed by atoms with Crippen LogP contribution in [-0.4, -0.2) is 240 Å². The van der Waals surface area contributed by atoms with Gasteiger partial charge in [-0.2, -0.15) is 0 Å². The molecule has 4 fully saturated rings. The Morgan fingerprint density at radius 3 is 0.904 bits per heavy atom. The fourth-order valence-electron chi connectivity index (χ4n) is 11.9. The van der Waals surface area contributed by atoms with Gasteiger partial charge in [-0.15, -0.1) is 11.6 Å². The van der Waals surface area contributed by atoms with Gasteiger partial charge in [-0.1, -0.05) is 46.4 Å². The zero-order chi connectivity index (χ0) is 91.1. The summed E-state index contributed by atoms with van der Waals surface area (Å²) in [6.45, 7) is 30.7. The molecule has 0 atom stereocenters. The minimum absolute atomic E-state index is 0. The first-order chi connectivity index (χ1) is 56.9. The summed E-state index contributed by atoms with van der Waals surface area (Å²) in [6, 6.07) is 6.39. The molecular weight excluding hydrogens is 2070 g/mol. The van der Waals surface area contributed by atoms with Crippen LogP contribution in [0.15, 0.2) is 42.2 Å². The van der Waals surface area contributed by atoms with E-state index in [1.807, 2.05) is 103 Å². The quantitative estimate of drug-likeness (QED) is 0.0267. The number of aromatic nitrogens is 8. The van der Waals surface area contributed by atoms with E-state index < -0.39 is 79.0 Å². The number of amides is 4. The van der Waals surface area contributed by atoms with Crippen LogP contribution in [-0.2, 0) is 74.9 Å². The van der Waals surface area contributed by atoms with Crippen molar-refractivity contribution in [2.45, 2.75) is 138 Å². The number of anilines is 4. The van der Waals surface area contributed by atoms with Crippen LogP contribution in [0.1, 0.15) is 125 Å². The molecule has 4 saturated heterocycles. The Kier molecular flexibility index (Phi) is 43.3. The molecule has 4 aliphatic rings. The molecule has 0 spiro atoms. The number of hydrogen-bond acceptors (Lipinski definition) is 29. The van der Waals surface area contributed by atoms with Gasteiger partial charge in [-0.25, -0.2) is 76.6 Å². The molecular formula is C76H87Br4Cl5F4LiMnN16NaO17. The number of rotatable bonds is 9. The zero-order valence-corrected chi connectivity index (χ0v) is 84.1. The number of carbonyl (C=O) groups excluding carboxylic acids is 7. The molecule has 0 aliphatic carbocycles. The van der Waals surface area contributed by atoms with Gasteiger partial charge in [-0.05, 0) is 178 Å². The van der Waals surface area contributed by atoms with Gasteiger partial charge in [0.25, 0.3) is 0 Å². The molecule has 673 valence electrons. The summed E-state index contributed by atoms with van der Waals surface area (Å²) < 4.78 is 103. The summed E-state index contributed by atoms with van der Waals surface area (Å²) in [5.74, 6) is -1.56. The molecule has 12 rings (SSSR count). The molecule has 0 radical (unpaired) electrons. The van der Waals surface area contributed by atoms with Crippen molar-refractivity contribution in [2.24, 2.45) is 0 Å². The van der Waals surface area contributed by atoms with Crippen molar-refractivity contribution in [2.75, 3.05) is 124 Å². The van der Waals surface area contributed by atoms with Crippen LogP contribution in [0.2, 0.25) is 20.1 Å². The predicted octanol–water partition coefficient (Wildman–Crippen LogP) is 9.42. The zero-order valence-electron chi connectivity index (χ0n) is 70.8. The third-order valence-corrected chi connectivity index (χ3v) is 22.5. The fraction of sp³-hybridized carbons (Fsp3) is 0.487. The Morgan fingerprint density at radius 2 is 0.672 bits per heavy atom. The minimum atomic E-state index is -1.44. The summed E-state index contributed by atoms with van der Waals surface area (Å²) in [6.07, 6.45) is -1.01. The number of halogens is 13. The Labute approximate surface area is 815 Å². The number of carboxylic acid groups (broad SMARTS) is 1. The molecule has 0 saturated carbocycles. The number of hydrogen-bond donors (Lipinski definition) is 1. The molecule has 49 heteroatoms. The number of carboxylic acids is 1. The molecule has 4 amide bonds. The second-order valence-corrected chi connectivity index (χ2v) is 36.2. The molecule has 0 bridgehead atoms. The van der Waals surface area contributed by atoms with Crippen LogP contribution >= 0.6 is 122 Å². The van der Waals surface area contributed by atoms with Gasteiger partial charge in [0.1, 0.15) is 80.2 Å². The standard InChI is InChI=1S/C20H23BrClFN4O4.C18H20BrCl2FN4O2.C18H21BrClFN4O3.C18H19BrClFN4O3.C2H4O2.Li.Mn.Na.H2O.2O/c1-11(28)30-10-14-24-17-12(9-13(22)15(21)16(17)23)18(25-14)26-5-7-27(8-6-26)19(29)31-20(2,3)4;1-18(2,3)28-17(27)26-6-4-25(5-7-26)16-10-8-11(21)13(19)14(22)15(10)23-12(9-20)24-16;2*1-18(2,3)28-17(27)25-6-4-24(5-7-25)16-10-8-11(20)13(19)14(21)15(10)22-12(9-26)23-16;1-2(3)4;;;;;;/h9H,5-8,10H2,1-4H3;8H,4-7,9H2,1-3H3;8,26H,4-7,9H2,1-3H3;8-9H,4-7H2,1-3H3;1H3,(H,3,4);;;;1H2;;/q;;;;;+1;;+1;;;/p-2. The number of ether oxygens (including phenoxy) is 5. The van der Waals surface area contributed by atoms with Crippen LogP contribution in [0.5, 0.6) is 0 Å². The normalized spacial score (nSPS) is 14.1. The van der Waals surface area contributed by atoms with Crippen molar-refractivity contribution >= 4 is 231 Å². The van der Waals surface area contributed by atoms with E-state index >= 15 is 0 Å². The fourth-order valence-corrected chi connectivity index (χ4v) is 14.0. The van der Waals surface area contributed by atoms with Gasteiger partial charge in [0.15, 0.2) is 53.6 Å². The van der Waals surface area contributed by atoms with Crippen molar-refractivity contribution in [3.05, 3.63) is 109 Å². The van der Waals surface area contributed by atoms with E-state index in [1.165, 1.54) is 6.92 Å². The van der Waals surface area contributed by atoms with Gasteiger partial charge in [0.2, 0.25) is 0 Å². The first-order valence-electron chi connectivity index (χ1n) is 37.0. The molecule has 4 aromatic heterocycles. The maximum atomic E-state index is 14.9. The number of carbonyl (C=O) groups is 7. The average molecular weight is 2150 g/mol. The number of alkyl halides is 1. The number of piperazine rings is 4. The van der Waals surface area contributed by atoms with Gasteiger partial charge in [0.05, 0.1) is 43.9 Å². The molecule has 8 aromatic rings. The van der Waals surface area contributed by atoms with Crippen LogP contribution < -0.4 is 73.1 Å². The van der Waals surface area contributed by atoms with Crippen LogP contribution in [0.25, 0.3) is 43.6 Å². The second kappa shape index (κ2) is 48.7. The van der Waals surface area contributed by atoms with Crippen LogP contribution in [0.3, 0.4) is 0 Å². The third-order valence-electron chi connectivity index (χ3n) is 17.1. The Balaban J connectivity index is 0.000000338. The number of fused-ring (bicyclic) bond motifs is 4. The SMILES string of the molecule is CC(=O)OCc1nc(N2CCN(C(=O)OC(C)(C)C)CC2)c2cc(Cl)c(Br)c(F)c2n1.CC(=O)[O-].CC(C)(C)OC(=O)N1CCN(c2nc(C=O)nc3c(F)c(Br)c(Cl)cc23)CC1.CC(C)(C)OC(=O)N1CCN(c2nc(CCl)nc3c(F)c(Br)c(Cl)cc23)CC1.CC(C)(C)OC(=O)N1CCN(c2nc(CO)nc3c(F)c(Br)c(Cl)cc23)CC1.[Li+].[Na+].[OH-].[O]=[Mn]=[O]. The summed E-state index contributed by atoms with van der Waals surface area (Å²) in [7, 11) is 0. The number of aldehydes is 1. The summed E-state index contributed by atoms with van der Waals surface area (Å²) in [5.41, 5.74) is -1.94.